The predicted molar refractivity (Wildman–Crippen MR) is 105 cm³/mol. The van der Waals surface area contributed by atoms with Crippen LogP contribution < -0.4 is 0 Å². The quantitative estimate of drug-likeness (QED) is 0.744. The summed E-state index contributed by atoms with van der Waals surface area (Å²) in [5.74, 6) is 0.719. The minimum atomic E-state index is -3.08. The van der Waals surface area contributed by atoms with Gasteiger partial charge in [-0.1, -0.05) is 11.6 Å². The van der Waals surface area contributed by atoms with Crippen LogP contribution in [-0.4, -0.2) is 62.1 Å². The van der Waals surface area contributed by atoms with E-state index >= 15 is 0 Å². The van der Waals surface area contributed by atoms with Gasteiger partial charge in [-0.3, -0.25) is 0 Å². The molecule has 1 aromatic heterocycles. The highest BCUT2D eigenvalue weighted by atomic mass is 35.5. The van der Waals surface area contributed by atoms with Crippen molar-refractivity contribution in [1.29, 1.82) is 0 Å². The van der Waals surface area contributed by atoms with E-state index in [1.165, 1.54) is 14.0 Å². The number of hydrogen-bond acceptors (Lipinski definition) is 5. The number of benzene rings is 1. The smallest absolute Gasteiger partial charge is 0.213 e. The summed E-state index contributed by atoms with van der Waals surface area (Å²) in [7, 11) is 0.0950. The Morgan fingerprint density at radius 2 is 2.04 bits per heavy atom. The second-order valence-electron chi connectivity index (χ2n) is 6.73. The van der Waals surface area contributed by atoms with E-state index in [-0.39, 0.29) is 5.75 Å². The minimum Gasteiger partial charge on any atom is -0.303 e. The van der Waals surface area contributed by atoms with Crippen LogP contribution in [0.1, 0.15) is 30.2 Å². The van der Waals surface area contributed by atoms with Crippen LogP contribution >= 0.6 is 22.9 Å². The molecule has 1 aromatic carbocycles. The molecule has 0 aliphatic carbocycles. The fourth-order valence-electron chi connectivity index (χ4n) is 3.15. The van der Waals surface area contributed by atoms with Gasteiger partial charge in [-0.2, -0.15) is 0 Å². The van der Waals surface area contributed by atoms with Crippen LogP contribution in [0.3, 0.4) is 0 Å². The van der Waals surface area contributed by atoms with E-state index in [4.69, 9.17) is 16.6 Å². The first-order valence-electron chi connectivity index (χ1n) is 8.54. The Balaban J connectivity index is 1.51. The maximum Gasteiger partial charge on any atom is 0.213 e. The summed E-state index contributed by atoms with van der Waals surface area (Å²) in [5, 5.41) is 1.93. The molecule has 5 nitrogen and oxygen atoms in total. The van der Waals surface area contributed by atoms with Crippen LogP contribution in [-0.2, 0) is 10.0 Å². The topological polar surface area (TPSA) is 53.5 Å². The van der Waals surface area contributed by atoms with Crippen LogP contribution in [0.5, 0.6) is 0 Å². The highest BCUT2D eigenvalue weighted by Crippen LogP contribution is 2.34. The monoisotopic (exact) mass is 401 g/mol. The Bertz CT molecular complexity index is 828. The van der Waals surface area contributed by atoms with Gasteiger partial charge < -0.3 is 4.90 Å². The molecule has 0 unspecified atom stereocenters. The van der Waals surface area contributed by atoms with Crippen LogP contribution in [0.2, 0.25) is 5.02 Å². The summed E-state index contributed by atoms with van der Waals surface area (Å²) in [5.41, 5.74) is 0.990. The van der Waals surface area contributed by atoms with Crippen molar-refractivity contribution in [3.05, 3.63) is 28.2 Å². The molecule has 1 aliphatic heterocycles. The van der Waals surface area contributed by atoms with Gasteiger partial charge in [0.2, 0.25) is 10.0 Å². The van der Waals surface area contributed by atoms with E-state index in [2.05, 4.69) is 4.90 Å². The molecule has 0 radical (unpaired) electrons. The summed E-state index contributed by atoms with van der Waals surface area (Å²) in [6, 6.07) is 5.88. The number of fused-ring (bicyclic) bond motifs is 1. The van der Waals surface area contributed by atoms with Gasteiger partial charge >= 0.3 is 0 Å². The zero-order valence-corrected chi connectivity index (χ0v) is 17.0. The van der Waals surface area contributed by atoms with E-state index in [1.807, 2.05) is 18.2 Å². The molecule has 2 aromatic rings. The molecule has 3 rings (SSSR count). The van der Waals surface area contributed by atoms with E-state index in [0.29, 0.717) is 12.3 Å². The van der Waals surface area contributed by atoms with Gasteiger partial charge in [0.1, 0.15) is 0 Å². The molecule has 0 amide bonds. The molecule has 138 valence electrons. The largest absolute Gasteiger partial charge is 0.303 e. The predicted octanol–water partition coefficient (Wildman–Crippen LogP) is 3.41. The molecular formula is C17H24ClN3O2S2. The van der Waals surface area contributed by atoms with Gasteiger partial charge in [0, 0.05) is 25.0 Å². The first-order valence-corrected chi connectivity index (χ1v) is 11.3. The van der Waals surface area contributed by atoms with Gasteiger partial charge in [-0.05, 0) is 57.1 Å². The number of nitrogens with zero attached hydrogens (tertiary/aromatic N) is 3. The van der Waals surface area contributed by atoms with E-state index in [1.54, 1.807) is 25.4 Å². The standard InChI is InChI=1S/C17H24ClN3O2S2/c1-20(2)25(22,23)11-3-8-21-9-6-13(7-10-21)17-19-15-12-14(18)4-5-16(15)24-17/h4-5,12-13H,3,6-11H2,1-2H3. The second kappa shape index (κ2) is 7.88. The fraction of sp³-hybridized carbons (Fsp3) is 0.588. The number of hydrogen-bond donors (Lipinski definition) is 0. The molecule has 1 aliphatic rings. The maximum atomic E-state index is 11.8. The lowest BCUT2D eigenvalue weighted by Gasteiger charge is -2.31. The second-order valence-corrected chi connectivity index (χ2v) is 10.5. The highest BCUT2D eigenvalue weighted by molar-refractivity contribution is 7.89. The van der Waals surface area contributed by atoms with Crippen molar-refractivity contribution < 1.29 is 8.42 Å². The number of likely N-dealkylation sites (tertiary alicyclic amines) is 1. The summed E-state index contributed by atoms with van der Waals surface area (Å²) >= 11 is 7.81. The highest BCUT2D eigenvalue weighted by Gasteiger charge is 2.23. The molecule has 0 atom stereocenters. The minimum absolute atomic E-state index is 0.221. The van der Waals surface area contributed by atoms with Gasteiger partial charge in [-0.25, -0.2) is 17.7 Å². The lowest BCUT2D eigenvalue weighted by atomic mass is 9.97. The lowest BCUT2D eigenvalue weighted by Crippen LogP contribution is -2.35. The number of piperidine rings is 1. The third-order valence-electron chi connectivity index (χ3n) is 4.74. The van der Waals surface area contributed by atoms with Crippen molar-refractivity contribution in [1.82, 2.24) is 14.2 Å². The van der Waals surface area contributed by atoms with E-state index in [0.717, 1.165) is 43.0 Å². The third-order valence-corrected chi connectivity index (χ3v) is 8.09. The van der Waals surface area contributed by atoms with Crippen molar-refractivity contribution in [2.45, 2.75) is 25.2 Å². The van der Waals surface area contributed by atoms with E-state index in [9.17, 15) is 8.42 Å². The van der Waals surface area contributed by atoms with Gasteiger partial charge in [0.25, 0.3) is 0 Å². The zero-order chi connectivity index (χ0) is 18.0. The number of rotatable bonds is 6. The molecule has 0 spiro atoms. The summed E-state index contributed by atoms with van der Waals surface area (Å²) < 4.78 is 26.1. The number of sulfonamides is 1. The fourth-order valence-corrected chi connectivity index (χ4v) is 5.29. The summed E-state index contributed by atoms with van der Waals surface area (Å²) in [4.78, 5) is 7.13. The molecule has 0 saturated carbocycles. The normalized spacial score (nSPS) is 17.6. The van der Waals surface area contributed by atoms with Crippen LogP contribution in [0.4, 0.5) is 0 Å². The Kier molecular flexibility index (Phi) is 6.00. The van der Waals surface area contributed by atoms with Gasteiger partial charge in [-0.15, -0.1) is 11.3 Å². The Labute approximate surface area is 158 Å². The molecule has 8 heteroatoms. The van der Waals surface area contributed by atoms with Crippen LogP contribution in [0, 0.1) is 0 Å². The average molecular weight is 402 g/mol. The Hall–Kier alpha value is -0.730. The summed E-state index contributed by atoms with van der Waals surface area (Å²) in [6.45, 7) is 2.85. The SMILES string of the molecule is CN(C)S(=O)(=O)CCCN1CCC(c2nc3cc(Cl)ccc3s2)CC1. The van der Waals surface area contributed by atoms with Crippen molar-refractivity contribution in [3.63, 3.8) is 0 Å². The Morgan fingerprint density at radius 3 is 2.72 bits per heavy atom. The molecule has 0 N–H and O–H groups in total. The van der Waals surface area contributed by atoms with Crippen molar-refractivity contribution in [2.24, 2.45) is 0 Å². The molecular weight excluding hydrogens is 378 g/mol. The lowest BCUT2D eigenvalue weighted by molar-refractivity contribution is 0.213. The van der Waals surface area contributed by atoms with Crippen molar-refractivity contribution in [2.75, 3.05) is 39.5 Å². The number of aromatic nitrogens is 1. The van der Waals surface area contributed by atoms with E-state index < -0.39 is 10.0 Å². The molecule has 1 fully saturated rings. The van der Waals surface area contributed by atoms with Gasteiger partial charge in [0.05, 0.1) is 21.0 Å². The first kappa shape index (κ1) is 19.0. The van der Waals surface area contributed by atoms with Crippen molar-refractivity contribution >= 4 is 43.2 Å². The molecule has 2 heterocycles. The van der Waals surface area contributed by atoms with Crippen LogP contribution in [0.15, 0.2) is 18.2 Å². The third kappa shape index (κ3) is 4.71. The molecule has 1 saturated heterocycles. The van der Waals surface area contributed by atoms with Crippen molar-refractivity contribution in [3.8, 4) is 0 Å². The number of halogens is 1. The van der Waals surface area contributed by atoms with Gasteiger partial charge in [0.15, 0.2) is 0 Å². The number of thiazole rings is 1. The van der Waals surface area contributed by atoms with Crippen LogP contribution in [0.25, 0.3) is 10.2 Å². The maximum absolute atomic E-state index is 11.8. The molecule has 0 bridgehead atoms. The first-order chi connectivity index (χ1) is 11.8. The Morgan fingerprint density at radius 1 is 1.32 bits per heavy atom. The average Bonchev–Trinajstić information content (AvgIpc) is 2.98. The summed E-state index contributed by atoms with van der Waals surface area (Å²) in [6.07, 6.45) is 2.84. The zero-order valence-electron chi connectivity index (χ0n) is 14.6. The molecule has 25 heavy (non-hydrogen) atoms.